The maximum absolute atomic E-state index is 13.3. The minimum atomic E-state index is -0.357. The van der Waals surface area contributed by atoms with Crippen LogP contribution in [0.25, 0.3) is 0 Å². The molecule has 0 unspecified atom stereocenters. The number of carbonyl (C=O) groups is 1. The molecule has 146 valence electrons. The standard InChI is InChI=1S/C20H28FN5O/c1-24(2)10-5-12-25-13-9-22-19(25)16-6-4-11-26(15-16)20(27)23-18-8-3-7-17(21)14-18/h3,7-9,13-14,16H,4-6,10-12,15H2,1-2H3,(H,23,27)/t16-/m0/s1. The van der Waals surface area contributed by atoms with Crippen molar-refractivity contribution in [2.45, 2.75) is 31.7 Å². The van der Waals surface area contributed by atoms with Gasteiger partial charge in [0.25, 0.3) is 0 Å². The molecule has 2 heterocycles. The molecule has 1 aromatic heterocycles. The van der Waals surface area contributed by atoms with E-state index in [1.807, 2.05) is 12.4 Å². The van der Waals surface area contributed by atoms with Crippen molar-refractivity contribution >= 4 is 11.7 Å². The summed E-state index contributed by atoms with van der Waals surface area (Å²) >= 11 is 0. The van der Waals surface area contributed by atoms with Crippen LogP contribution >= 0.6 is 0 Å². The first-order chi connectivity index (χ1) is 13.0. The Labute approximate surface area is 160 Å². The van der Waals surface area contributed by atoms with E-state index >= 15 is 0 Å². The number of likely N-dealkylation sites (tertiary alicyclic amines) is 1. The molecule has 1 fully saturated rings. The van der Waals surface area contributed by atoms with Crippen LogP contribution in [0.2, 0.25) is 0 Å². The van der Waals surface area contributed by atoms with E-state index in [0.717, 1.165) is 38.2 Å². The largest absolute Gasteiger partial charge is 0.335 e. The second kappa shape index (κ2) is 8.99. The Balaban J connectivity index is 1.61. The number of hydrogen-bond acceptors (Lipinski definition) is 3. The first kappa shape index (κ1) is 19.4. The first-order valence-electron chi connectivity index (χ1n) is 9.50. The lowest BCUT2D eigenvalue weighted by molar-refractivity contribution is 0.190. The summed E-state index contributed by atoms with van der Waals surface area (Å²) in [7, 11) is 4.15. The van der Waals surface area contributed by atoms with Crippen LogP contribution in [0.3, 0.4) is 0 Å². The minimum Gasteiger partial charge on any atom is -0.335 e. The van der Waals surface area contributed by atoms with Crippen LogP contribution in [-0.2, 0) is 6.54 Å². The second-order valence-corrected chi connectivity index (χ2v) is 7.36. The lowest BCUT2D eigenvalue weighted by Crippen LogP contribution is -2.42. The maximum Gasteiger partial charge on any atom is 0.321 e. The zero-order valence-electron chi connectivity index (χ0n) is 16.1. The van der Waals surface area contributed by atoms with Crippen LogP contribution in [0.1, 0.15) is 31.0 Å². The number of imidazole rings is 1. The number of anilines is 1. The van der Waals surface area contributed by atoms with Crippen molar-refractivity contribution in [1.82, 2.24) is 19.4 Å². The van der Waals surface area contributed by atoms with Gasteiger partial charge >= 0.3 is 6.03 Å². The van der Waals surface area contributed by atoms with Gasteiger partial charge in [0, 0.05) is 43.6 Å². The number of rotatable bonds is 6. The number of aromatic nitrogens is 2. The van der Waals surface area contributed by atoms with Crippen molar-refractivity contribution in [2.24, 2.45) is 0 Å². The average molecular weight is 373 g/mol. The molecule has 0 aliphatic carbocycles. The number of benzene rings is 1. The van der Waals surface area contributed by atoms with E-state index in [1.54, 1.807) is 17.0 Å². The van der Waals surface area contributed by atoms with Crippen molar-refractivity contribution in [3.63, 3.8) is 0 Å². The third-order valence-electron chi connectivity index (χ3n) is 4.90. The average Bonchev–Trinajstić information content (AvgIpc) is 3.10. The summed E-state index contributed by atoms with van der Waals surface area (Å²) in [6.07, 6.45) is 6.89. The van der Waals surface area contributed by atoms with Gasteiger partial charge in [0.15, 0.2) is 0 Å². The Morgan fingerprint density at radius 1 is 1.41 bits per heavy atom. The summed E-state index contributed by atoms with van der Waals surface area (Å²) in [6, 6.07) is 5.80. The maximum atomic E-state index is 13.3. The SMILES string of the molecule is CN(C)CCCn1ccnc1[C@H]1CCCN(C(=O)Nc2cccc(F)c2)C1. The monoisotopic (exact) mass is 373 g/mol. The predicted molar refractivity (Wildman–Crippen MR) is 104 cm³/mol. The fourth-order valence-electron chi connectivity index (χ4n) is 3.57. The second-order valence-electron chi connectivity index (χ2n) is 7.36. The molecule has 27 heavy (non-hydrogen) atoms. The molecule has 3 rings (SSSR count). The van der Waals surface area contributed by atoms with Crippen LogP contribution in [-0.4, -0.2) is 59.1 Å². The molecule has 7 heteroatoms. The van der Waals surface area contributed by atoms with Crippen molar-refractivity contribution in [2.75, 3.05) is 39.0 Å². The highest BCUT2D eigenvalue weighted by atomic mass is 19.1. The van der Waals surface area contributed by atoms with Crippen LogP contribution in [0.4, 0.5) is 14.9 Å². The Hall–Kier alpha value is -2.41. The van der Waals surface area contributed by atoms with Crippen molar-refractivity contribution in [3.05, 3.63) is 48.3 Å². The van der Waals surface area contributed by atoms with Crippen molar-refractivity contribution in [3.8, 4) is 0 Å². The smallest absolute Gasteiger partial charge is 0.321 e. The van der Waals surface area contributed by atoms with E-state index in [0.29, 0.717) is 18.8 Å². The van der Waals surface area contributed by atoms with Gasteiger partial charge in [-0.1, -0.05) is 6.07 Å². The quantitative estimate of drug-likeness (QED) is 0.845. The summed E-state index contributed by atoms with van der Waals surface area (Å²) in [4.78, 5) is 21.1. The highest BCUT2D eigenvalue weighted by Crippen LogP contribution is 2.26. The molecule has 1 saturated heterocycles. The van der Waals surface area contributed by atoms with Gasteiger partial charge in [0.1, 0.15) is 11.6 Å². The summed E-state index contributed by atoms with van der Waals surface area (Å²) in [6.45, 7) is 3.30. The van der Waals surface area contributed by atoms with Gasteiger partial charge in [-0.2, -0.15) is 0 Å². The van der Waals surface area contributed by atoms with Gasteiger partial charge in [-0.3, -0.25) is 0 Å². The van der Waals surface area contributed by atoms with Crippen LogP contribution < -0.4 is 5.32 Å². The number of halogens is 1. The normalized spacial score (nSPS) is 17.3. The van der Waals surface area contributed by atoms with E-state index in [4.69, 9.17) is 0 Å². The van der Waals surface area contributed by atoms with E-state index in [1.165, 1.54) is 12.1 Å². The third-order valence-corrected chi connectivity index (χ3v) is 4.90. The van der Waals surface area contributed by atoms with E-state index in [-0.39, 0.29) is 17.8 Å². The summed E-state index contributed by atoms with van der Waals surface area (Å²) in [5.74, 6) is 0.924. The number of nitrogens with zero attached hydrogens (tertiary/aromatic N) is 4. The van der Waals surface area contributed by atoms with Gasteiger partial charge in [-0.15, -0.1) is 0 Å². The highest BCUT2D eigenvalue weighted by molar-refractivity contribution is 5.89. The number of carbonyl (C=O) groups excluding carboxylic acids is 1. The fourth-order valence-corrected chi connectivity index (χ4v) is 3.57. The number of amides is 2. The molecule has 0 spiro atoms. The van der Waals surface area contributed by atoms with E-state index in [2.05, 4.69) is 33.9 Å². The predicted octanol–water partition coefficient (Wildman–Crippen LogP) is 3.39. The topological polar surface area (TPSA) is 53.4 Å². The molecule has 0 bridgehead atoms. The van der Waals surface area contributed by atoms with Gasteiger partial charge in [-0.05, 0) is 58.1 Å². The zero-order chi connectivity index (χ0) is 19.2. The molecule has 0 radical (unpaired) electrons. The fraction of sp³-hybridized carbons (Fsp3) is 0.500. The molecule has 2 aromatic rings. The minimum absolute atomic E-state index is 0.184. The summed E-state index contributed by atoms with van der Waals surface area (Å²) in [5.41, 5.74) is 0.479. The molecular weight excluding hydrogens is 345 g/mol. The number of piperidine rings is 1. The van der Waals surface area contributed by atoms with Crippen molar-refractivity contribution < 1.29 is 9.18 Å². The molecule has 1 N–H and O–H groups in total. The number of urea groups is 1. The summed E-state index contributed by atoms with van der Waals surface area (Å²) < 4.78 is 15.5. The Kier molecular flexibility index (Phi) is 6.45. The molecule has 6 nitrogen and oxygen atoms in total. The van der Waals surface area contributed by atoms with Gasteiger partial charge in [0.05, 0.1) is 0 Å². The Morgan fingerprint density at radius 3 is 3.04 bits per heavy atom. The molecule has 1 aliphatic rings. The van der Waals surface area contributed by atoms with E-state index < -0.39 is 0 Å². The zero-order valence-corrected chi connectivity index (χ0v) is 16.1. The molecule has 1 aromatic carbocycles. The van der Waals surface area contributed by atoms with Crippen molar-refractivity contribution in [1.29, 1.82) is 0 Å². The van der Waals surface area contributed by atoms with Crippen LogP contribution in [0.5, 0.6) is 0 Å². The van der Waals surface area contributed by atoms with Crippen LogP contribution in [0.15, 0.2) is 36.7 Å². The highest BCUT2D eigenvalue weighted by Gasteiger charge is 2.27. The molecule has 2 amide bonds. The molecule has 1 atom stereocenters. The van der Waals surface area contributed by atoms with Crippen LogP contribution in [0, 0.1) is 5.82 Å². The first-order valence-corrected chi connectivity index (χ1v) is 9.50. The van der Waals surface area contributed by atoms with Gasteiger partial charge in [0.2, 0.25) is 0 Å². The lowest BCUT2D eigenvalue weighted by atomic mass is 9.97. The summed E-state index contributed by atoms with van der Waals surface area (Å²) in [5, 5.41) is 2.79. The molecule has 1 aliphatic heterocycles. The van der Waals surface area contributed by atoms with Gasteiger partial charge in [-0.25, -0.2) is 14.2 Å². The molecule has 0 saturated carbocycles. The van der Waals surface area contributed by atoms with Gasteiger partial charge < -0.3 is 19.7 Å². The number of aryl methyl sites for hydroxylation is 1. The van der Waals surface area contributed by atoms with E-state index in [9.17, 15) is 9.18 Å². The number of nitrogens with one attached hydrogen (secondary N) is 1. The number of hydrogen-bond donors (Lipinski definition) is 1. The Morgan fingerprint density at radius 2 is 2.26 bits per heavy atom. The Bertz CT molecular complexity index is 760. The third kappa shape index (κ3) is 5.29. The lowest BCUT2D eigenvalue weighted by Gasteiger charge is -2.32. The molecular formula is C20H28FN5O.